The van der Waals surface area contributed by atoms with E-state index in [1.165, 1.54) is 51.0 Å². The summed E-state index contributed by atoms with van der Waals surface area (Å²) in [7, 11) is 0. The summed E-state index contributed by atoms with van der Waals surface area (Å²) in [6.07, 6.45) is 10.1. The van der Waals surface area contributed by atoms with Crippen LogP contribution in [0, 0.1) is 0 Å². The van der Waals surface area contributed by atoms with Gasteiger partial charge in [-0.1, -0.05) is 77.3 Å². The summed E-state index contributed by atoms with van der Waals surface area (Å²) in [6, 6.07) is 1.41. The summed E-state index contributed by atoms with van der Waals surface area (Å²) in [5.41, 5.74) is -0.0263. The number of hydrogen-bond donors (Lipinski definition) is 0. The number of halogens is 1. The van der Waals surface area contributed by atoms with E-state index in [9.17, 15) is 4.79 Å². The minimum absolute atomic E-state index is 0.0263. The Morgan fingerprint density at radius 3 is 2.24 bits per heavy atom. The van der Waals surface area contributed by atoms with E-state index in [1.54, 1.807) is 4.57 Å². The zero-order chi connectivity index (χ0) is 15.7. The lowest BCUT2D eigenvalue weighted by atomic mass is 10.1. The minimum Gasteiger partial charge on any atom is -0.296 e. The number of nitrogens with zero attached hydrogens (tertiary/aromatic N) is 2. The van der Waals surface area contributed by atoms with Crippen molar-refractivity contribution in [2.45, 2.75) is 84.6 Å². The highest BCUT2D eigenvalue weighted by Gasteiger charge is 2.10. The molecule has 1 heterocycles. The first-order chi connectivity index (χ1) is 10.1. The van der Waals surface area contributed by atoms with Gasteiger partial charge in [-0.15, -0.1) is 0 Å². The van der Waals surface area contributed by atoms with Crippen LogP contribution in [-0.4, -0.2) is 9.55 Å². The molecule has 0 unspecified atom stereocenters. The van der Waals surface area contributed by atoms with Gasteiger partial charge in [0, 0.05) is 18.5 Å². The van der Waals surface area contributed by atoms with Crippen LogP contribution >= 0.6 is 11.6 Å². The van der Waals surface area contributed by atoms with Crippen molar-refractivity contribution in [3.63, 3.8) is 0 Å². The van der Waals surface area contributed by atoms with Crippen molar-refractivity contribution < 1.29 is 0 Å². The molecule has 120 valence electrons. The largest absolute Gasteiger partial charge is 0.296 e. The van der Waals surface area contributed by atoms with Crippen LogP contribution in [0.4, 0.5) is 0 Å². The number of rotatable bonds is 10. The summed E-state index contributed by atoms with van der Waals surface area (Å²) >= 11 is 5.89. The second-order valence-electron chi connectivity index (χ2n) is 6.06. The topological polar surface area (TPSA) is 34.9 Å². The van der Waals surface area contributed by atoms with Gasteiger partial charge in [0.15, 0.2) is 0 Å². The quantitative estimate of drug-likeness (QED) is 0.442. The first-order valence-corrected chi connectivity index (χ1v) is 8.71. The molecule has 0 radical (unpaired) electrons. The van der Waals surface area contributed by atoms with Gasteiger partial charge in [-0.2, -0.15) is 0 Å². The van der Waals surface area contributed by atoms with Crippen molar-refractivity contribution in [1.29, 1.82) is 0 Å². The van der Waals surface area contributed by atoms with Gasteiger partial charge in [-0.25, -0.2) is 4.98 Å². The van der Waals surface area contributed by atoms with Crippen molar-refractivity contribution in [3.8, 4) is 0 Å². The Morgan fingerprint density at radius 1 is 1.10 bits per heavy atom. The van der Waals surface area contributed by atoms with Gasteiger partial charge < -0.3 is 0 Å². The van der Waals surface area contributed by atoms with Crippen LogP contribution in [0.2, 0.25) is 5.15 Å². The van der Waals surface area contributed by atoms with Crippen LogP contribution in [0.1, 0.15) is 83.9 Å². The summed E-state index contributed by atoms with van der Waals surface area (Å²) in [4.78, 5) is 16.4. The molecule has 1 aromatic rings. The number of hydrogen-bond acceptors (Lipinski definition) is 2. The molecule has 1 rings (SSSR count). The van der Waals surface area contributed by atoms with Gasteiger partial charge >= 0.3 is 0 Å². The van der Waals surface area contributed by atoms with Crippen LogP contribution in [0.15, 0.2) is 10.9 Å². The highest BCUT2D eigenvalue weighted by Crippen LogP contribution is 2.14. The molecule has 4 heteroatoms. The molecule has 0 aliphatic rings. The van der Waals surface area contributed by atoms with Gasteiger partial charge in [0.2, 0.25) is 0 Å². The zero-order valence-corrected chi connectivity index (χ0v) is 14.5. The zero-order valence-electron chi connectivity index (χ0n) is 13.7. The highest BCUT2D eigenvalue weighted by atomic mass is 35.5. The van der Waals surface area contributed by atoms with E-state index in [-0.39, 0.29) is 11.5 Å². The highest BCUT2D eigenvalue weighted by molar-refractivity contribution is 6.29. The molecule has 0 atom stereocenters. The van der Waals surface area contributed by atoms with E-state index >= 15 is 0 Å². The van der Waals surface area contributed by atoms with Crippen LogP contribution in [0.3, 0.4) is 0 Å². The van der Waals surface area contributed by atoms with E-state index in [0.717, 1.165) is 18.8 Å². The Kier molecular flexibility index (Phi) is 8.67. The van der Waals surface area contributed by atoms with Crippen molar-refractivity contribution >= 4 is 11.6 Å². The smallest absolute Gasteiger partial charge is 0.254 e. The van der Waals surface area contributed by atoms with E-state index in [4.69, 9.17) is 11.6 Å². The molecule has 0 aromatic carbocycles. The van der Waals surface area contributed by atoms with Gasteiger partial charge in [-0.05, 0) is 6.42 Å². The lowest BCUT2D eigenvalue weighted by Gasteiger charge is -2.14. The molecule has 0 amide bonds. The molecule has 21 heavy (non-hydrogen) atoms. The second-order valence-corrected chi connectivity index (χ2v) is 6.44. The summed E-state index contributed by atoms with van der Waals surface area (Å²) < 4.78 is 1.79. The molecule has 0 aliphatic heterocycles. The predicted octanol–water partition coefficient (Wildman–Crippen LogP) is 5.16. The maximum absolute atomic E-state index is 12.0. The van der Waals surface area contributed by atoms with E-state index < -0.39 is 0 Å². The van der Waals surface area contributed by atoms with E-state index in [1.807, 2.05) is 13.8 Å². The van der Waals surface area contributed by atoms with Crippen LogP contribution < -0.4 is 5.56 Å². The van der Waals surface area contributed by atoms with Gasteiger partial charge in [0.05, 0.1) is 0 Å². The van der Waals surface area contributed by atoms with Crippen LogP contribution in [0.5, 0.6) is 0 Å². The maximum atomic E-state index is 12.0. The molecule has 0 saturated carbocycles. The molecule has 0 saturated heterocycles. The van der Waals surface area contributed by atoms with Crippen molar-refractivity contribution in [2.24, 2.45) is 0 Å². The number of unbranched alkanes of at least 4 members (excludes halogenated alkanes) is 7. The monoisotopic (exact) mass is 312 g/mol. The van der Waals surface area contributed by atoms with E-state index in [0.29, 0.717) is 5.15 Å². The summed E-state index contributed by atoms with van der Waals surface area (Å²) in [5, 5.41) is 0.302. The average Bonchev–Trinajstić information content (AvgIpc) is 2.43. The Hall–Kier alpha value is -0.830. The first kappa shape index (κ1) is 18.2. The van der Waals surface area contributed by atoms with Crippen molar-refractivity contribution in [3.05, 3.63) is 27.4 Å². The first-order valence-electron chi connectivity index (χ1n) is 8.33. The number of aromatic nitrogens is 2. The molecule has 0 spiro atoms. The fraction of sp³-hybridized carbons (Fsp3) is 0.765. The van der Waals surface area contributed by atoms with Gasteiger partial charge in [-0.3, -0.25) is 9.36 Å². The normalized spacial score (nSPS) is 11.3. The standard InChI is InChI=1S/C17H29ClN2O/c1-4-5-6-7-8-9-10-11-12-20-16(21)13-15(18)19-17(20)14(2)3/h13-14H,4-12H2,1-3H3. The van der Waals surface area contributed by atoms with Crippen LogP contribution in [-0.2, 0) is 6.54 Å². The molecular weight excluding hydrogens is 284 g/mol. The van der Waals surface area contributed by atoms with Gasteiger partial charge in [0.25, 0.3) is 5.56 Å². The molecule has 3 nitrogen and oxygen atoms in total. The van der Waals surface area contributed by atoms with Gasteiger partial charge in [0.1, 0.15) is 11.0 Å². The average molecular weight is 313 g/mol. The fourth-order valence-corrected chi connectivity index (χ4v) is 2.74. The Bertz CT molecular complexity index is 468. The maximum Gasteiger partial charge on any atom is 0.254 e. The molecule has 1 aromatic heterocycles. The lowest BCUT2D eigenvalue weighted by Crippen LogP contribution is -2.25. The lowest BCUT2D eigenvalue weighted by molar-refractivity contribution is 0.512. The summed E-state index contributed by atoms with van der Waals surface area (Å²) in [5.74, 6) is 1.01. The SMILES string of the molecule is CCCCCCCCCCn1c(C(C)C)nc(Cl)cc1=O. The Morgan fingerprint density at radius 2 is 1.67 bits per heavy atom. The second kappa shape index (κ2) is 9.99. The Labute approximate surface area is 133 Å². The molecular formula is C17H29ClN2O. The third-order valence-electron chi connectivity index (χ3n) is 3.76. The Balaban J connectivity index is 2.40. The molecule has 0 N–H and O–H groups in total. The van der Waals surface area contributed by atoms with Crippen LogP contribution in [0.25, 0.3) is 0 Å². The third-order valence-corrected chi connectivity index (χ3v) is 3.95. The molecule has 0 bridgehead atoms. The van der Waals surface area contributed by atoms with E-state index in [2.05, 4.69) is 11.9 Å². The fourth-order valence-electron chi connectivity index (χ4n) is 2.56. The molecule has 0 fully saturated rings. The van der Waals surface area contributed by atoms with Crippen molar-refractivity contribution in [2.75, 3.05) is 0 Å². The van der Waals surface area contributed by atoms with Crippen molar-refractivity contribution in [1.82, 2.24) is 9.55 Å². The third kappa shape index (κ3) is 6.64. The molecule has 0 aliphatic carbocycles. The predicted molar refractivity (Wildman–Crippen MR) is 90.2 cm³/mol. The summed E-state index contributed by atoms with van der Waals surface area (Å²) in [6.45, 7) is 7.08. The minimum atomic E-state index is -0.0263.